The molecule has 6 nitrogen and oxygen atoms in total. The first kappa shape index (κ1) is 22.6. The summed E-state index contributed by atoms with van der Waals surface area (Å²) in [6.45, 7) is 6.27. The second kappa shape index (κ2) is 9.50. The molecule has 170 valence electrons. The van der Waals surface area contributed by atoms with E-state index in [4.69, 9.17) is 9.15 Å². The molecule has 0 saturated heterocycles. The standard InChI is InChI=1S/C26H26N2O4S/c1-4-31-23-15-13-22(14-16-23)28(33(29,30)24-11-6-5-7-12-24)18-25-20(3)32-26(27-25)21-10-8-9-19(2)17-21/h5-17H,4,18H2,1-3H3. The van der Waals surface area contributed by atoms with E-state index >= 15 is 0 Å². The van der Waals surface area contributed by atoms with Crippen molar-refractivity contribution in [1.82, 2.24) is 4.98 Å². The third-order valence-electron chi connectivity index (χ3n) is 5.22. The summed E-state index contributed by atoms with van der Waals surface area (Å²) in [7, 11) is -3.85. The second-order valence-corrected chi connectivity index (χ2v) is 9.51. The largest absolute Gasteiger partial charge is 0.494 e. The lowest BCUT2D eigenvalue weighted by molar-refractivity contribution is 0.340. The number of ether oxygens (including phenoxy) is 1. The molecule has 0 N–H and O–H groups in total. The van der Waals surface area contributed by atoms with Gasteiger partial charge in [0, 0.05) is 5.56 Å². The van der Waals surface area contributed by atoms with Gasteiger partial charge in [0.05, 0.1) is 23.7 Å². The van der Waals surface area contributed by atoms with Crippen molar-refractivity contribution < 1.29 is 17.6 Å². The Morgan fingerprint density at radius 3 is 2.33 bits per heavy atom. The molecule has 0 aliphatic heterocycles. The van der Waals surface area contributed by atoms with Crippen LogP contribution in [0.2, 0.25) is 0 Å². The number of rotatable bonds is 8. The highest BCUT2D eigenvalue weighted by Gasteiger charge is 2.27. The van der Waals surface area contributed by atoms with E-state index in [2.05, 4.69) is 4.98 Å². The number of sulfonamides is 1. The summed E-state index contributed by atoms with van der Waals surface area (Å²) in [6, 6.07) is 23.2. The third-order valence-corrected chi connectivity index (χ3v) is 7.01. The summed E-state index contributed by atoms with van der Waals surface area (Å²) in [5.74, 6) is 1.72. The Morgan fingerprint density at radius 1 is 0.939 bits per heavy atom. The van der Waals surface area contributed by atoms with Gasteiger partial charge < -0.3 is 9.15 Å². The van der Waals surface area contributed by atoms with Gasteiger partial charge in [-0.3, -0.25) is 4.31 Å². The zero-order chi connectivity index (χ0) is 23.4. The van der Waals surface area contributed by atoms with E-state index < -0.39 is 10.0 Å². The molecule has 0 atom stereocenters. The van der Waals surface area contributed by atoms with Gasteiger partial charge in [0.1, 0.15) is 17.2 Å². The Morgan fingerprint density at radius 2 is 1.67 bits per heavy atom. The molecular weight excluding hydrogens is 436 g/mol. The van der Waals surface area contributed by atoms with Crippen LogP contribution in [-0.2, 0) is 16.6 Å². The molecule has 0 radical (unpaired) electrons. The van der Waals surface area contributed by atoms with Crippen molar-refractivity contribution in [2.45, 2.75) is 32.2 Å². The fourth-order valence-electron chi connectivity index (χ4n) is 3.52. The second-order valence-electron chi connectivity index (χ2n) is 7.64. The minimum absolute atomic E-state index is 0.0341. The molecule has 4 rings (SSSR count). The van der Waals surface area contributed by atoms with Crippen LogP contribution in [0.3, 0.4) is 0 Å². The number of benzene rings is 3. The highest BCUT2D eigenvalue weighted by atomic mass is 32.2. The van der Waals surface area contributed by atoms with Crippen LogP contribution in [0.15, 0.2) is 88.2 Å². The lowest BCUT2D eigenvalue weighted by Gasteiger charge is -2.24. The Balaban J connectivity index is 1.74. The normalized spacial score (nSPS) is 11.4. The summed E-state index contributed by atoms with van der Waals surface area (Å²) in [5, 5.41) is 0. The van der Waals surface area contributed by atoms with Gasteiger partial charge in [-0.25, -0.2) is 13.4 Å². The minimum Gasteiger partial charge on any atom is -0.494 e. The number of anilines is 1. The number of hydrogen-bond acceptors (Lipinski definition) is 5. The fourth-order valence-corrected chi connectivity index (χ4v) is 4.97. The number of aryl methyl sites for hydroxylation is 2. The molecule has 0 fully saturated rings. The van der Waals surface area contributed by atoms with Gasteiger partial charge in [-0.1, -0.05) is 35.9 Å². The van der Waals surface area contributed by atoms with Crippen molar-refractivity contribution in [3.8, 4) is 17.2 Å². The fraction of sp³-hybridized carbons (Fsp3) is 0.192. The van der Waals surface area contributed by atoms with Gasteiger partial charge in [-0.2, -0.15) is 0 Å². The molecule has 1 heterocycles. The summed E-state index contributed by atoms with van der Waals surface area (Å²) in [4.78, 5) is 4.85. The maximum Gasteiger partial charge on any atom is 0.264 e. The van der Waals surface area contributed by atoms with Crippen molar-refractivity contribution in [3.05, 3.63) is 95.9 Å². The van der Waals surface area contributed by atoms with E-state index in [1.165, 1.54) is 4.31 Å². The average molecular weight is 463 g/mol. The molecule has 0 saturated carbocycles. The SMILES string of the molecule is CCOc1ccc(N(Cc2nc(-c3cccc(C)c3)oc2C)S(=O)(=O)c2ccccc2)cc1. The van der Waals surface area contributed by atoms with Crippen LogP contribution < -0.4 is 9.04 Å². The van der Waals surface area contributed by atoms with E-state index in [1.807, 2.05) is 38.1 Å². The van der Waals surface area contributed by atoms with Crippen molar-refractivity contribution in [2.75, 3.05) is 10.9 Å². The van der Waals surface area contributed by atoms with Gasteiger partial charge in [-0.15, -0.1) is 0 Å². The van der Waals surface area contributed by atoms with Crippen LogP contribution in [0.4, 0.5) is 5.69 Å². The minimum atomic E-state index is -3.85. The number of hydrogen-bond donors (Lipinski definition) is 0. The van der Waals surface area contributed by atoms with Gasteiger partial charge in [-0.05, 0) is 69.3 Å². The van der Waals surface area contributed by atoms with Gasteiger partial charge in [0.2, 0.25) is 5.89 Å². The third kappa shape index (κ3) is 4.93. The molecule has 0 bridgehead atoms. The predicted molar refractivity (Wildman–Crippen MR) is 129 cm³/mol. The van der Waals surface area contributed by atoms with E-state index in [1.54, 1.807) is 61.5 Å². The van der Waals surface area contributed by atoms with Crippen molar-refractivity contribution >= 4 is 15.7 Å². The smallest absolute Gasteiger partial charge is 0.264 e. The highest BCUT2D eigenvalue weighted by Crippen LogP contribution is 2.30. The Bertz CT molecular complexity index is 1330. The van der Waals surface area contributed by atoms with Gasteiger partial charge in [0.15, 0.2) is 0 Å². The molecule has 0 aliphatic rings. The summed E-state index contributed by atoms with van der Waals surface area (Å²) < 4.78 is 40.0. The molecular formula is C26H26N2O4S. The maximum absolute atomic E-state index is 13.6. The molecule has 0 aliphatic carbocycles. The van der Waals surface area contributed by atoms with Crippen LogP contribution in [0, 0.1) is 13.8 Å². The van der Waals surface area contributed by atoms with E-state index in [-0.39, 0.29) is 11.4 Å². The van der Waals surface area contributed by atoms with Crippen LogP contribution in [0.25, 0.3) is 11.5 Å². The Kier molecular flexibility index (Phi) is 6.51. The lowest BCUT2D eigenvalue weighted by Crippen LogP contribution is -2.31. The Hall–Kier alpha value is -3.58. The molecule has 7 heteroatoms. The zero-order valence-corrected chi connectivity index (χ0v) is 19.7. The number of oxazole rings is 1. The molecule has 0 amide bonds. The molecule has 0 unspecified atom stereocenters. The summed E-state index contributed by atoms with van der Waals surface area (Å²) in [5.41, 5.74) is 3.01. The first-order valence-corrected chi connectivity index (χ1v) is 12.2. The van der Waals surface area contributed by atoms with E-state index in [9.17, 15) is 8.42 Å². The van der Waals surface area contributed by atoms with Crippen molar-refractivity contribution in [2.24, 2.45) is 0 Å². The quantitative estimate of drug-likeness (QED) is 0.333. The molecule has 33 heavy (non-hydrogen) atoms. The van der Waals surface area contributed by atoms with Gasteiger partial charge >= 0.3 is 0 Å². The van der Waals surface area contributed by atoms with Crippen molar-refractivity contribution in [3.63, 3.8) is 0 Å². The molecule has 1 aromatic heterocycles. The van der Waals surface area contributed by atoms with Crippen molar-refractivity contribution in [1.29, 1.82) is 0 Å². The first-order chi connectivity index (χ1) is 15.9. The first-order valence-electron chi connectivity index (χ1n) is 10.7. The van der Waals surface area contributed by atoms with Crippen LogP contribution >= 0.6 is 0 Å². The lowest BCUT2D eigenvalue weighted by atomic mass is 10.1. The van der Waals surface area contributed by atoms with E-state index in [0.29, 0.717) is 35.4 Å². The zero-order valence-electron chi connectivity index (χ0n) is 18.9. The molecule has 4 aromatic rings. The molecule has 3 aromatic carbocycles. The van der Waals surface area contributed by atoms with Gasteiger partial charge in [0.25, 0.3) is 10.0 Å². The van der Waals surface area contributed by atoms with Crippen LogP contribution in [0.1, 0.15) is 23.9 Å². The summed E-state index contributed by atoms with van der Waals surface area (Å²) >= 11 is 0. The number of aromatic nitrogens is 1. The predicted octanol–water partition coefficient (Wildman–Crippen LogP) is 5.75. The maximum atomic E-state index is 13.6. The van der Waals surface area contributed by atoms with E-state index in [0.717, 1.165) is 11.1 Å². The Labute approximate surface area is 194 Å². The topological polar surface area (TPSA) is 72.6 Å². The average Bonchev–Trinajstić information content (AvgIpc) is 3.19. The number of nitrogens with zero attached hydrogens (tertiary/aromatic N) is 2. The monoisotopic (exact) mass is 462 g/mol. The van der Waals surface area contributed by atoms with Crippen LogP contribution in [0.5, 0.6) is 5.75 Å². The summed E-state index contributed by atoms with van der Waals surface area (Å²) in [6.07, 6.45) is 0. The van der Waals surface area contributed by atoms with Crippen LogP contribution in [-0.4, -0.2) is 20.0 Å². The molecule has 0 spiro atoms. The highest BCUT2D eigenvalue weighted by molar-refractivity contribution is 7.92.